The van der Waals surface area contributed by atoms with E-state index in [1.54, 1.807) is 18.2 Å². The Morgan fingerprint density at radius 2 is 2.19 bits per heavy atom. The van der Waals surface area contributed by atoms with Crippen molar-refractivity contribution in [2.75, 3.05) is 6.61 Å². The SMILES string of the molecule is CC(C)CCCOc1cc(CNC2CC2)ccc1[N+](=O)[O-]. The van der Waals surface area contributed by atoms with Gasteiger partial charge in [-0.3, -0.25) is 10.1 Å². The van der Waals surface area contributed by atoms with E-state index in [9.17, 15) is 10.1 Å². The van der Waals surface area contributed by atoms with Crippen LogP contribution in [-0.2, 0) is 6.54 Å². The fraction of sp³-hybridized carbons (Fsp3) is 0.625. The second-order valence-corrected chi connectivity index (χ2v) is 6.10. The first-order valence-corrected chi connectivity index (χ1v) is 7.69. The van der Waals surface area contributed by atoms with Crippen LogP contribution in [0.4, 0.5) is 5.69 Å². The van der Waals surface area contributed by atoms with Gasteiger partial charge in [0.15, 0.2) is 5.75 Å². The standard InChI is InChI=1S/C16H24N2O3/c1-12(2)4-3-9-21-16-10-13(11-17-14-6-7-14)5-8-15(16)18(19)20/h5,8,10,12,14,17H,3-4,6-7,9,11H2,1-2H3. The van der Waals surface area contributed by atoms with Crippen molar-refractivity contribution in [2.24, 2.45) is 5.92 Å². The number of nitrogens with zero attached hydrogens (tertiary/aromatic N) is 1. The molecule has 2 rings (SSSR count). The van der Waals surface area contributed by atoms with Crippen LogP contribution in [0.3, 0.4) is 0 Å². The fourth-order valence-corrected chi connectivity index (χ4v) is 2.16. The van der Waals surface area contributed by atoms with Crippen molar-refractivity contribution < 1.29 is 9.66 Å². The summed E-state index contributed by atoms with van der Waals surface area (Å²) in [6.07, 6.45) is 4.44. The van der Waals surface area contributed by atoms with Crippen LogP contribution in [0.1, 0.15) is 45.1 Å². The first kappa shape index (κ1) is 15.8. The van der Waals surface area contributed by atoms with E-state index in [-0.39, 0.29) is 10.6 Å². The van der Waals surface area contributed by atoms with Crippen molar-refractivity contribution in [1.29, 1.82) is 0 Å². The number of rotatable bonds is 9. The Labute approximate surface area is 125 Å². The lowest BCUT2D eigenvalue weighted by atomic mass is 10.1. The van der Waals surface area contributed by atoms with Crippen molar-refractivity contribution in [3.05, 3.63) is 33.9 Å². The third-order valence-electron chi connectivity index (χ3n) is 3.58. The number of hydrogen-bond acceptors (Lipinski definition) is 4. The summed E-state index contributed by atoms with van der Waals surface area (Å²) >= 11 is 0. The molecule has 5 nitrogen and oxygen atoms in total. The van der Waals surface area contributed by atoms with Gasteiger partial charge < -0.3 is 10.1 Å². The molecule has 0 amide bonds. The number of nitro groups is 1. The van der Waals surface area contributed by atoms with Crippen LogP contribution in [0.25, 0.3) is 0 Å². The van der Waals surface area contributed by atoms with E-state index in [0.29, 0.717) is 24.3 Å². The topological polar surface area (TPSA) is 64.4 Å². The number of nitro benzene ring substituents is 1. The van der Waals surface area contributed by atoms with E-state index in [2.05, 4.69) is 19.2 Å². The quantitative estimate of drug-likeness (QED) is 0.428. The molecular weight excluding hydrogens is 268 g/mol. The summed E-state index contributed by atoms with van der Waals surface area (Å²) < 4.78 is 5.64. The molecule has 5 heteroatoms. The second-order valence-electron chi connectivity index (χ2n) is 6.10. The fourth-order valence-electron chi connectivity index (χ4n) is 2.16. The first-order valence-electron chi connectivity index (χ1n) is 7.69. The Balaban J connectivity index is 1.95. The summed E-state index contributed by atoms with van der Waals surface area (Å²) in [6, 6.07) is 5.76. The number of benzene rings is 1. The summed E-state index contributed by atoms with van der Waals surface area (Å²) in [4.78, 5) is 10.7. The smallest absolute Gasteiger partial charge is 0.310 e. The number of hydrogen-bond donors (Lipinski definition) is 1. The van der Waals surface area contributed by atoms with E-state index >= 15 is 0 Å². The van der Waals surface area contributed by atoms with E-state index in [1.807, 2.05) is 0 Å². The maximum Gasteiger partial charge on any atom is 0.310 e. The molecular formula is C16H24N2O3. The van der Waals surface area contributed by atoms with Crippen molar-refractivity contribution in [3.63, 3.8) is 0 Å². The van der Waals surface area contributed by atoms with E-state index in [4.69, 9.17) is 4.74 Å². The van der Waals surface area contributed by atoms with Gasteiger partial charge in [-0.2, -0.15) is 0 Å². The third kappa shape index (κ3) is 5.34. The van der Waals surface area contributed by atoms with Crippen LogP contribution in [0.2, 0.25) is 0 Å². The molecule has 1 aliphatic carbocycles. The first-order chi connectivity index (χ1) is 10.1. The van der Waals surface area contributed by atoms with Gasteiger partial charge in [0.25, 0.3) is 0 Å². The highest BCUT2D eigenvalue weighted by Gasteiger charge is 2.21. The third-order valence-corrected chi connectivity index (χ3v) is 3.58. The van der Waals surface area contributed by atoms with Gasteiger partial charge in [0.1, 0.15) is 0 Å². The molecule has 0 spiro atoms. The summed E-state index contributed by atoms with van der Waals surface area (Å²) in [6.45, 7) is 5.59. The molecule has 0 saturated heterocycles. The monoisotopic (exact) mass is 292 g/mol. The minimum Gasteiger partial charge on any atom is -0.487 e. The van der Waals surface area contributed by atoms with Gasteiger partial charge in [0.05, 0.1) is 11.5 Å². The molecule has 0 aliphatic heterocycles. The molecule has 1 saturated carbocycles. The molecule has 0 radical (unpaired) electrons. The van der Waals surface area contributed by atoms with Crippen LogP contribution >= 0.6 is 0 Å². The minimum absolute atomic E-state index is 0.0507. The lowest BCUT2D eigenvalue weighted by Gasteiger charge is -2.10. The molecule has 0 heterocycles. The molecule has 0 bridgehead atoms. The molecule has 1 aromatic carbocycles. The van der Waals surface area contributed by atoms with E-state index in [0.717, 1.165) is 24.9 Å². The zero-order valence-electron chi connectivity index (χ0n) is 12.8. The molecule has 1 fully saturated rings. The highest BCUT2D eigenvalue weighted by atomic mass is 16.6. The average Bonchev–Trinajstić information content (AvgIpc) is 3.25. The van der Waals surface area contributed by atoms with Gasteiger partial charge in [-0.05, 0) is 43.2 Å². The molecule has 21 heavy (non-hydrogen) atoms. The van der Waals surface area contributed by atoms with Crippen LogP contribution in [0.15, 0.2) is 18.2 Å². The van der Waals surface area contributed by atoms with Gasteiger partial charge >= 0.3 is 5.69 Å². The normalized spacial score (nSPS) is 14.4. The van der Waals surface area contributed by atoms with Crippen LogP contribution in [0, 0.1) is 16.0 Å². The van der Waals surface area contributed by atoms with Crippen LogP contribution in [-0.4, -0.2) is 17.6 Å². The maximum atomic E-state index is 11.1. The Morgan fingerprint density at radius 3 is 2.81 bits per heavy atom. The van der Waals surface area contributed by atoms with Crippen molar-refractivity contribution >= 4 is 5.69 Å². The van der Waals surface area contributed by atoms with Crippen molar-refractivity contribution in [3.8, 4) is 5.75 Å². The predicted octanol–water partition coefficient (Wildman–Crippen LogP) is 3.66. The summed E-state index contributed by atoms with van der Waals surface area (Å²) in [5.41, 5.74) is 1.08. The lowest BCUT2D eigenvalue weighted by molar-refractivity contribution is -0.385. The molecule has 1 aromatic rings. The van der Waals surface area contributed by atoms with Gasteiger partial charge in [-0.1, -0.05) is 19.9 Å². The van der Waals surface area contributed by atoms with Gasteiger partial charge in [0.2, 0.25) is 0 Å². The summed E-state index contributed by atoms with van der Waals surface area (Å²) in [5.74, 6) is 1.01. The van der Waals surface area contributed by atoms with Crippen molar-refractivity contribution in [1.82, 2.24) is 5.32 Å². The average molecular weight is 292 g/mol. The Morgan fingerprint density at radius 1 is 1.43 bits per heavy atom. The van der Waals surface area contributed by atoms with Crippen LogP contribution in [0.5, 0.6) is 5.75 Å². The Bertz CT molecular complexity index is 484. The number of nitrogens with one attached hydrogen (secondary N) is 1. The van der Waals surface area contributed by atoms with Gasteiger partial charge in [-0.25, -0.2) is 0 Å². The number of ether oxygens (including phenoxy) is 1. The highest BCUT2D eigenvalue weighted by Crippen LogP contribution is 2.29. The summed E-state index contributed by atoms with van der Waals surface area (Å²) in [5, 5.41) is 14.5. The predicted molar refractivity (Wildman–Crippen MR) is 82.5 cm³/mol. The molecule has 116 valence electrons. The lowest BCUT2D eigenvalue weighted by Crippen LogP contribution is -2.15. The zero-order valence-corrected chi connectivity index (χ0v) is 12.8. The Hall–Kier alpha value is -1.62. The van der Waals surface area contributed by atoms with Crippen molar-refractivity contribution in [2.45, 2.75) is 52.1 Å². The van der Waals surface area contributed by atoms with E-state index < -0.39 is 0 Å². The maximum absolute atomic E-state index is 11.1. The van der Waals surface area contributed by atoms with Crippen LogP contribution < -0.4 is 10.1 Å². The van der Waals surface area contributed by atoms with Gasteiger partial charge in [-0.15, -0.1) is 0 Å². The summed E-state index contributed by atoms with van der Waals surface area (Å²) in [7, 11) is 0. The second kappa shape index (κ2) is 7.41. The molecule has 1 aliphatic rings. The highest BCUT2D eigenvalue weighted by molar-refractivity contribution is 5.48. The molecule has 1 N–H and O–H groups in total. The van der Waals surface area contributed by atoms with E-state index in [1.165, 1.54) is 12.8 Å². The van der Waals surface area contributed by atoms with Gasteiger partial charge in [0, 0.05) is 18.7 Å². The Kier molecular flexibility index (Phi) is 5.56. The molecule has 0 unspecified atom stereocenters. The molecule has 0 atom stereocenters. The zero-order chi connectivity index (χ0) is 15.2. The molecule has 0 aromatic heterocycles. The largest absolute Gasteiger partial charge is 0.487 e. The minimum atomic E-state index is -0.379.